The molecular formula is C25H24N4O4S. The van der Waals surface area contributed by atoms with Crippen molar-refractivity contribution in [1.29, 1.82) is 0 Å². The minimum atomic E-state index is -0.284. The van der Waals surface area contributed by atoms with Crippen molar-refractivity contribution in [2.45, 2.75) is 0 Å². The van der Waals surface area contributed by atoms with E-state index in [1.165, 1.54) is 0 Å². The van der Waals surface area contributed by atoms with E-state index in [2.05, 4.69) is 27.7 Å². The van der Waals surface area contributed by atoms with E-state index >= 15 is 0 Å². The van der Waals surface area contributed by atoms with Gasteiger partial charge in [0, 0.05) is 12.7 Å². The van der Waals surface area contributed by atoms with Crippen LogP contribution in [-0.2, 0) is 11.8 Å². The number of aromatic nitrogens is 1. The van der Waals surface area contributed by atoms with Gasteiger partial charge < -0.3 is 24.1 Å². The van der Waals surface area contributed by atoms with E-state index in [0.29, 0.717) is 22.9 Å². The molecule has 1 heterocycles. The Labute approximate surface area is 200 Å². The smallest absolute Gasteiger partial charge is 0.262 e. The van der Waals surface area contributed by atoms with Crippen LogP contribution in [0, 0.1) is 0 Å². The lowest BCUT2D eigenvalue weighted by atomic mass is 10.2. The van der Waals surface area contributed by atoms with Gasteiger partial charge in [-0.25, -0.2) is 0 Å². The topological polar surface area (TPSA) is 86.4 Å². The molecule has 0 atom stereocenters. The normalized spacial score (nSPS) is 11.7. The van der Waals surface area contributed by atoms with Gasteiger partial charge in [-0.3, -0.25) is 4.79 Å². The molecule has 0 radical (unpaired) electrons. The third-order valence-corrected chi connectivity index (χ3v) is 6.09. The summed E-state index contributed by atoms with van der Waals surface area (Å²) in [4.78, 5) is 13.0. The molecule has 0 bridgehead atoms. The summed E-state index contributed by atoms with van der Waals surface area (Å²) in [5, 5.41) is 11.3. The highest BCUT2D eigenvalue weighted by Crippen LogP contribution is 2.27. The molecule has 9 heteroatoms. The molecule has 1 N–H and O–H groups in total. The van der Waals surface area contributed by atoms with E-state index in [1.54, 1.807) is 68.2 Å². The van der Waals surface area contributed by atoms with E-state index in [9.17, 15) is 4.79 Å². The number of amides is 1. The maximum absolute atomic E-state index is 12.2. The Balaban J connectivity index is 1.40. The van der Waals surface area contributed by atoms with Gasteiger partial charge >= 0.3 is 0 Å². The lowest BCUT2D eigenvalue weighted by molar-refractivity contribution is -0.118. The van der Waals surface area contributed by atoms with Crippen LogP contribution in [0.5, 0.6) is 17.2 Å². The number of carbonyl (C=O) groups excluding carboxylic acids is 1. The van der Waals surface area contributed by atoms with Gasteiger partial charge in [-0.2, -0.15) is 5.10 Å². The summed E-state index contributed by atoms with van der Waals surface area (Å²) >= 11 is 1.57. The number of carbonyl (C=O) groups is 1. The number of thiazole rings is 1. The zero-order valence-corrected chi connectivity index (χ0v) is 19.8. The fourth-order valence-electron chi connectivity index (χ4n) is 3.22. The van der Waals surface area contributed by atoms with Crippen LogP contribution in [0.25, 0.3) is 10.2 Å². The lowest BCUT2D eigenvalue weighted by Gasteiger charge is -2.11. The molecule has 0 fully saturated rings. The summed E-state index contributed by atoms with van der Waals surface area (Å²) in [5.74, 6) is 1.38. The van der Waals surface area contributed by atoms with Crippen LogP contribution >= 0.6 is 11.3 Å². The number of rotatable bonds is 8. The first-order valence-electron chi connectivity index (χ1n) is 10.4. The number of aryl methyl sites for hydroxylation is 1. The Bertz CT molecular complexity index is 1390. The predicted octanol–water partition coefficient (Wildman–Crippen LogP) is 4.21. The molecule has 1 amide bonds. The Morgan fingerprint density at radius 1 is 1.03 bits per heavy atom. The molecule has 0 unspecified atom stereocenters. The van der Waals surface area contributed by atoms with E-state index in [1.807, 2.05) is 29.8 Å². The van der Waals surface area contributed by atoms with Gasteiger partial charge in [0.2, 0.25) is 4.80 Å². The highest BCUT2D eigenvalue weighted by atomic mass is 32.1. The van der Waals surface area contributed by atoms with Crippen LogP contribution in [0.1, 0.15) is 5.56 Å². The largest absolute Gasteiger partial charge is 0.497 e. The second kappa shape index (κ2) is 10.7. The molecule has 0 aliphatic carbocycles. The molecule has 34 heavy (non-hydrogen) atoms. The molecule has 4 aromatic rings. The zero-order chi connectivity index (χ0) is 23.9. The van der Waals surface area contributed by atoms with Crippen LogP contribution < -0.4 is 24.3 Å². The van der Waals surface area contributed by atoms with Crippen LogP contribution in [0.3, 0.4) is 0 Å². The second-order valence-electron chi connectivity index (χ2n) is 7.23. The second-order valence-corrected chi connectivity index (χ2v) is 8.24. The van der Waals surface area contributed by atoms with E-state index in [0.717, 1.165) is 20.6 Å². The van der Waals surface area contributed by atoms with E-state index in [-0.39, 0.29) is 12.5 Å². The van der Waals surface area contributed by atoms with Crippen LogP contribution in [0.15, 0.2) is 76.9 Å². The average Bonchev–Trinajstić information content (AvgIpc) is 3.19. The Morgan fingerprint density at radius 2 is 1.82 bits per heavy atom. The van der Waals surface area contributed by atoms with Crippen LogP contribution in [0.4, 0.5) is 5.69 Å². The summed E-state index contributed by atoms with van der Waals surface area (Å²) in [6.07, 6.45) is 1.65. The average molecular weight is 477 g/mol. The summed E-state index contributed by atoms with van der Waals surface area (Å²) in [6, 6.07) is 20.5. The van der Waals surface area contributed by atoms with Gasteiger partial charge in [-0.1, -0.05) is 23.5 Å². The van der Waals surface area contributed by atoms with Crippen molar-refractivity contribution in [3.05, 3.63) is 77.1 Å². The Hall–Kier alpha value is -4.11. The van der Waals surface area contributed by atoms with Crippen LogP contribution in [0.2, 0.25) is 0 Å². The molecule has 3 aromatic carbocycles. The molecule has 1 aromatic heterocycles. The lowest BCUT2D eigenvalue weighted by Crippen LogP contribution is -2.20. The standard InChI is InChI=1S/C25H24N4O4S/c1-29-20-6-4-5-7-23(20)34-25(29)28-26-15-17-8-13-21(22(14-17)32-3)33-16-24(30)27-18-9-11-19(31-2)12-10-18/h4-15H,16H2,1-3H3,(H,27,30)/b26-15-,28-25+. The van der Waals surface area contributed by atoms with Gasteiger partial charge in [0.25, 0.3) is 5.91 Å². The Morgan fingerprint density at radius 3 is 2.56 bits per heavy atom. The molecule has 0 aliphatic rings. The molecule has 8 nitrogen and oxygen atoms in total. The molecule has 0 aliphatic heterocycles. The molecule has 4 rings (SSSR count). The van der Waals surface area contributed by atoms with Crippen molar-refractivity contribution in [2.75, 3.05) is 26.1 Å². The van der Waals surface area contributed by atoms with Crippen molar-refractivity contribution >= 4 is 39.4 Å². The molecular weight excluding hydrogens is 452 g/mol. The molecule has 174 valence electrons. The van der Waals surface area contributed by atoms with Gasteiger partial charge in [0.15, 0.2) is 18.1 Å². The first-order valence-corrected chi connectivity index (χ1v) is 11.3. The Kier molecular flexibility index (Phi) is 7.24. The number of nitrogens with one attached hydrogen (secondary N) is 1. The van der Waals surface area contributed by atoms with E-state index in [4.69, 9.17) is 14.2 Å². The summed E-state index contributed by atoms with van der Waals surface area (Å²) < 4.78 is 19.3. The quantitative estimate of drug-likeness (QED) is 0.305. The molecule has 0 spiro atoms. The minimum absolute atomic E-state index is 0.159. The zero-order valence-electron chi connectivity index (χ0n) is 19.0. The third-order valence-electron chi connectivity index (χ3n) is 4.99. The highest BCUT2D eigenvalue weighted by Gasteiger charge is 2.09. The van der Waals surface area contributed by atoms with Crippen molar-refractivity contribution in [2.24, 2.45) is 17.3 Å². The monoisotopic (exact) mass is 476 g/mol. The number of anilines is 1. The SMILES string of the molecule is COc1ccc(NC(=O)COc2ccc(/C=N\N=c3\sc4ccccc4n3C)cc2OC)cc1. The highest BCUT2D eigenvalue weighted by molar-refractivity contribution is 7.16. The fraction of sp³-hybridized carbons (Fsp3) is 0.160. The number of nitrogens with zero attached hydrogens (tertiary/aromatic N) is 3. The first-order chi connectivity index (χ1) is 16.6. The maximum atomic E-state index is 12.2. The van der Waals surface area contributed by atoms with E-state index < -0.39 is 0 Å². The van der Waals surface area contributed by atoms with Gasteiger partial charge in [-0.15, -0.1) is 5.10 Å². The summed E-state index contributed by atoms with van der Waals surface area (Å²) in [6.45, 7) is -0.159. The van der Waals surface area contributed by atoms with Crippen LogP contribution in [-0.4, -0.2) is 37.5 Å². The fourth-order valence-corrected chi connectivity index (χ4v) is 4.20. The minimum Gasteiger partial charge on any atom is -0.497 e. The van der Waals surface area contributed by atoms with Gasteiger partial charge in [-0.05, 0) is 60.2 Å². The number of hydrogen-bond acceptors (Lipinski definition) is 7. The van der Waals surface area contributed by atoms with Crippen molar-refractivity contribution < 1.29 is 19.0 Å². The first kappa shape index (κ1) is 23.1. The van der Waals surface area contributed by atoms with Gasteiger partial charge in [0.05, 0.1) is 30.7 Å². The summed E-state index contributed by atoms with van der Waals surface area (Å²) in [7, 11) is 5.10. The number of hydrogen-bond donors (Lipinski definition) is 1. The molecule has 0 saturated heterocycles. The number of para-hydroxylation sites is 1. The van der Waals surface area contributed by atoms with Crippen molar-refractivity contribution in [3.8, 4) is 17.2 Å². The maximum Gasteiger partial charge on any atom is 0.262 e. The van der Waals surface area contributed by atoms with Gasteiger partial charge in [0.1, 0.15) is 5.75 Å². The third kappa shape index (κ3) is 5.44. The van der Waals surface area contributed by atoms with Crippen molar-refractivity contribution in [3.63, 3.8) is 0 Å². The van der Waals surface area contributed by atoms with Crippen molar-refractivity contribution in [1.82, 2.24) is 4.57 Å². The molecule has 0 saturated carbocycles. The number of methoxy groups -OCH3 is 2. The summed E-state index contributed by atoms with van der Waals surface area (Å²) in [5.41, 5.74) is 2.56. The number of fused-ring (bicyclic) bond motifs is 1. The number of ether oxygens (including phenoxy) is 3. The predicted molar refractivity (Wildman–Crippen MR) is 134 cm³/mol. The number of benzene rings is 3.